The number of hydrogen-bond acceptors (Lipinski definition) is 2. The summed E-state index contributed by atoms with van der Waals surface area (Å²) in [5.41, 5.74) is 9.38. The molecule has 1 heterocycles. The lowest BCUT2D eigenvalue weighted by Crippen LogP contribution is -2.09. The Hall–Kier alpha value is -1.81. The summed E-state index contributed by atoms with van der Waals surface area (Å²) in [6.07, 6.45) is 8.64. The van der Waals surface area contributed by atoms with E-state index >= 15 is 0 Å². The van der Waals surface area contributed by atoms with Gasteiger partial charge in [0.1, 0.15) is 0 Å². The largest absolute Gasteiger partial charge is 0.494 e. The number of nitrogens with two attached hydrogens (primary N) is 1. The number of aryl methyl sites for hydroxylation is 1. The van der Waals surface area contributed by atoms with Crippen LogP contribution in [0.5, 0.6) is 5.75 Å². The first kappa shape index (κ1) is 14.1. The lowest BCUT2D eigenvalue weighted by molar-refractivity contribution is 0.383. The average molecular weight is 288 g/mol. The van der Waals surface area contributed by atoms with Crippen molar-refractivity contribution in [1.82, 2.24) is 4.57 Å². The summed E-state index contributed by atoms with van der Waals surface area (Å²) in [5, 5.41) is 0. The zero-order chi connectivity index (χ0) is 14.8. The fourth-order valence-corrected chi connectivity index (χ4v) is 3.08. The quantitative estimate of drug-likeness (QED) is 0.879. The van der Waals surface area contributed by atoms with E-state index in [-0.39, 0.29) is 17.6 Å². The maximum Gasteiger partial charge on any atom is 0.170 e. The van der Waals surface area contributed by atoms with Crippen molar-refractivity contribution >= 4 is 0 Å². The highest BCUT2D eigenvalue weighted by molar-refractivity contribution is 5.33. The van der Waals surface area contributed by atoms with Crippen LogP contribution < -0.4 is 10.5 Å². The average Bonchev–Trinajstić information content (AvgIpc) is 2.81. The fraction of sp³-hybridized carbons (Fsp3) is 0.412. The van der Waals surface area contributed by atoms with E-state index in [2.05, 4.69) is 12.4 Å². The summed E-state index contributed by atoms with van der Waals surface area (Å²) in [7, 11) is 1.49. The molecular weight excluding hydrogens is 267 g/mol. The molecule has 0 fully saturated rings. The Bertz CT molecular complexity index is 636. The molecule has 0 spiro atoms. The van der Waals surface area contributed by atoms with Gasteiger partial charge in [-0.3, -0.25) is 0 Å². The van der Waals surface area contributed by atoms with Gasteiger partial charge in [-0.05, 0) is 36.5 Å². The predicted molar refractivity (Wildman–Crippen MR) is 81.0 cm³/mol. The zero-order valence-corrected chi connectivity index (χ0v) is 12.3. The number of halogens is 1. The molecule has 1 aliphatic carbocycles. The Kier molecular flexibility index (Phi) is 3.97. The molecule has 21 heavy (non-hydrogen) atoms. The number of benzene rings is 1. The molecule has 0 aliphatic heterocycles. The minimum atomic E-state index is -0.284. The van der Waals surface area contributed by atoms with Gasteiger partial charge in [0.15, 0.2) is 11.6 Å². The minimum Gasteiger partial charge on any atom is -0.494 e. The molecule has 0 amide bonds. The van der Waals surface area contributed by atoms with Crippen LogP contribution in [0, 0.1) is 5.82 Å². The molecule has 1 aromatic heterocycles. The Morgan fingerprint density at radius 2 is 2.19 bits per heavy atom. The van der Waals surface area contributed by atoms with Crippen LogP contribution in [0.15, 0.2) is 30.6 Å². The van der Waals surface area contributed by atoms with Gasteiger partial charge in [0.25, 0.3) is 0 Å². The molecule has 0 saturated heterocycles. The molecule has 1 aliphatic rings. The first-order chi connectivity index (χ1) is 10.2. The van der Waals surface area contributed by atoms with Gasteiger partial charge >= 0.3 is 0 Å². The smallest absolute Gasteiger partial charge is 0.170 e. The minimum absolute atomic E-state index is 0.110. The summed E-state index contributed by atoms with van der Waals surface area (Å²) in [5.74, 6) is 0.00566. The molecule has 0 bridgehead atoms. The third-order valence-electron chi connectivity index (χ3n) is 4.22. The summed E-state index contributed by atoms with van der Waals surface area (Å²) in [4.78, 5) is 0. The monoisotopic (exact) mass is 288 g/mol. The molecular formula is C17H21FN2O. The van der Waals surface area contributed by atoms with E-state index in [1.54, 1.807) is 12.1 Å². The molecule has 0 radical (unpaired) electrons. The van der Waals surface area contributed by atoms with Crippen molar-refractivity contribution in [2.75, 3.05) is 7.11 Å². The summed E-state index contributed by atoms with van der Waals surface area (Å²) < 4.78 is 21.3. The normalized spacial score (nSPS) is 18.1. The second-order valence-corrected chi connectivity index (χ2v) is 5.70. The number of aromatic nitrogens is 1. The topological polar surface area (TPSA) is 40.2 Å². The number of nitrogens with zero attached hydrogens (tertiary/aromatic N) is 1. The van der Waals surface area contributed by atoms with Gasteiger partial charge in [0.05, 0.1) is 13.7 Å². The van der Waals surface area contributed by atoms with Crippen LogP contribution in [-0.4, -0.2) is 11.7 Å². The van der Waals surface area contributed by atoms with Crippen molar-refractivity contribution in [1.29, 1.82) is 0 Å². The van der Waals surface area contributed by atoms with Crippen molar-refractivity contribution < 1.29 is 9.13 Å². The molecule has 3 rings (SSSR count). The molecule has 4 heteroatoms. The number of hydrogen-bond donors (Lipinski definition) is 1. The van der Waals surface area contributed by atoms with E-state index < -0.39 is 0 Å². The lowest BCUT2D eigenvalue weighted by atomic mass is 10.1. The van der Waals surface area contributed by atoms with Crippen LogP contribution in [0.3, 0.4) is 0 Å². The van der Waals surface area contributed by atoms with Crippen LogP contribution in [-0.2, 0) is 13.0 Å². The molecule has 1 aromatic carbocycles. The van der Waals surface area contributed by atoms with E-state index in [0.29, 0.717) is 12.1 Å². The highest BCUT2D eigenvalue weighted by atomic mass is 19.1. The van der Waals surface area contributed by atoms with Crippen LogP contribution in [0.2, 0.25) is 0 Å². The molecule has 0 saturated carbocycles. The molecule has 1 unspecified atom stereocenters. The van der Waals surface area contributed by atoms with Gasteiger partial charge in [0, 0.05) is 24.0 Å². The molecule has 1 atom stereocenters. The van der Waals surface area contributed by atoms with Crippen molar-refractivity contribution in [3.8, 4) is 5.75 Å². The van der Waals surface area contributed by atoms with Gasteiger partial charge in [-0.15, -0.1) is 0 Å². The summed E-state index contributed by atoms with van der Waals surface area (Å²) >= 11 is 0. The molecule has 112 valence electrons. The first-order valence-corrected chi connectivity index (χ1v) is 7.44. The van der Waals surface area contributed by atoms with Gasteiger partial charge in [0.2, 0.25) is 0 Å². The number of methoxy groups -OCH3 is 1. The van der Waals surface area contributed by atoms with E-state index in [1.807, 2.05) is 10.6 Å². The van der Waals surface area contributed by atoms with E-state index in [0.717, 1.165) is 12.8 Å². The van der Waals surface area contributed by atoms with E-state index in [4.69, 9.17) is 10.5 Å². The van der Waals surface area contributed by atoms with Gasteiger partial charge in [-0.2, -0.15) is 0 Å². The second-order valence-electron chi connectivity index (χ2n) is 5.70. The van der Waals surface area contributed by atoms with Gasteiger partial charge < -0.3 is 15.0 Å². The Morgan fingerprint density at radius 3 is 3.00 bits per heavy atom. The zero-order valence-electron chi connectivity index (χ0n) is 12.3. The van der Waals surface area contributed by atoms with Crippen molar-refractivity contribution in [2.24, 2.45) is 5.73 Å². The number of rotatable bonds is 3. The third kappa shape index (κ3) is 2.81. The van der Waals surface area contributed by atoms with Gasteiger partial charge in [-0.25, -0.2) is 4.39 Å². The highest BCUT2D eigenvalue weighted by Crippen LogP contribution is 2.28. The van der Waals surface area contributed by atoms with E-state index in [9.17, 15) is 4.39 Å². The third-order valence-corrected chi connectivity index (χ3v) is 4.22. The van der Waals surface area contributed by atoms with Crippen LogP contribution in [0.1, 0.15) is 42.0 Å². The Morgan fingerprint density at radius 1 is 1.33 bits per heavy atom. The maximum atomic E-state index is 14.2. The predicted octanol–water partition coefficient (Wildman–Crippen LogP) is 3.41. The molecule has 3 nitrogen and oxygen atoms in total. The number of fused-ring (bicyclic) bond motifs is 1. The van der Waals surface area contributed by atoms with Crippen LogP contribution in [0.4, 0.5) is 4.39 Å². The molecule has 2 aromatic rings. The van der Waals surface area contributed by atoms with Crippen LogP contribution in [0.25, 0.3) is 0 Å². The summed E-state index contributed by atoms with van der Waals surface area (Å²) in [6, 6.07) is 5.36. The van der Waals surface area contributed by atoms with E-state index in [1.165, 1.54) is 31.1 Å². The SMILES string of the molecule is COc1cccc(Cn2cc3c(c2)C(N)CCCC3)c1F. The van der Waals surface area contributed by atoms with Crippen molar-refractivity contribution in [3.63, 3.8) is 0 Å². The fourth-order valence-electron chi connectivity index (χ4n) is 3.08. The van der Waals surface area contributed by atoms with Crippen molar-refractivity contribution in [3.05, 3.63) is 53.1 Å². The van der Waals surface area contributed by atoms with Crippen molar-refractivity contribution in [2.45, 2.75) is 38.3 Å². The lowest BCUT2D eigenvalue weighted by Gasteiger charge is -2.09. The Labute approximate surface area is 124 Å². The Balaban J connectivity index is 1.88. The summed E-state index contributed by atoms with van der Waals surface area (Å²) in [6.45, 7) is 0.503. The second kappa shape index (κ2) is 5.90. The highest BCUT2D eigenvalue weighted by Gasteiger charge is 2.18. The van der Waals surface area contributed by atoms with Crippen LogP contribution >= 0.6 is 0 Å². The molecule has 2 N–H and O–H groups in total. The maximum absolute atomic E-state index is 14.2. The van der Waals surface area contributed by atoms with Gasteiger partial charge in [-0.1, -0.05) is 18.6 Å². The standard InChI is InChI=1S/C17H21FN2O/c1-21-16-8-4-6-13(17(16)18)10-20-9-12-5-2-3-7-15(19)14(12)11-20/h4,6,8-9,11,15H,2-3,5,7,10,19H2,1H3. The first-order valence-electron chi connectivity index (χ1n) is 7.44. The number of ether oxygens (including phenoxy) is 1.